The van der Waals surface area contributed by atoms with Crippen molar-refractivity contribution in [3.63, 3.8) is 0 Å². The van der Waals surface area contributed by atoms with Crippen LogP contribution in [-0.4, -0.2) is 22.9 Å². The van der Waals surface area contributed by atoms with E-state index in [9.17, 15) is 19.5 Å². The summed E-state index contributed by atoms with van der Waals surface area (Å²) in [5.74, 6) is -2.78. The second kappa shape index (κ2) is 6.89. The number of benzene rings is 1. The van der Waals surface area contributed by atoms with Crippen LogP contribution in [-0.2, 0) is 14.4 Å². The van der Waals surface area contributed by atoms with E-state index in [0.717, 1.165) is 0 Å². The lowest BCUT2D eigenvalue weighted by molar-refractivity contribution is -0.146. The molecular formula is C16H18N2O4. The van der Waals surface area contributed by atoms with Crippen molar-refractivity contribution in [2.45, 2.75) is 19.8 Å². The maximum Gasteiger partial charge on any atom is 0.307 e. The number of nitrogens with one attached hydrogen (secondary N) is 2. The zero-order chi connectivity index (χ0) is 16.1. The summed E-state index contributed by atoms with van der Waals surface area (Å²) < 4.78 is 0. The summed E-state index contributed by atoms with van der Waals surface area (Å²) in [6, 6.07) is 6.74. The predicted octanol–water partition coefficient (Wildman–Crippen LogP) is 2.25. The van der Waals surface area contributed by atoms with Crippen molar-refractivity contribution in [3.05, 3.63) is 36.4 Å². The molecule has 0 heterocycles. The van der Waals surface area contributed by atoms with E-state index in [1.165, 1.54) is 6.92 Å². The van der Waals surface area contributed by atoms with E-state index in [-0.39, 0.29) is 11.8 Å². The van der Waals surface area contributed by atoms with Crippen LogP contribution in [0.15, 0.2) is 36.4 Å². The Morgan fingerprint density at radius 1 is 1.05 bits per heavy atom. The fourth-order valence-corrected chi connectivity index (χ4v) is 2.49. The van der Waals surface area contributed by atoms with Crippen molar-refractivity contribution >= 4 is 29.2 Å². The van der Waals surface area contributed by atoms with Gasteiger partial charge in [0.1, 0.15) is 0 Å². The van der Waals surface area contributed by atoms with E-state index in [1.54, 1.807) is 30.3 Å². The monoisotopic (exact) mass is 302 g/mol. The first-order valence-electron chi connectivity index (χ1n) is 7.03. The van der Waals surface area contributed by atoms with Gasteiger partial charge in [-0.1, -0.05) is 18.2 Å². The number of carbonyl (C=O) groups is 3. The number of anilines is 2. The maximum absolute atomic E-state index is 12.3. The molecule has 1 aliphatic carbocycles. The lowest BCUT2D eigenvalue weighted by atomic mass is 9.82. The van der Waals surface area contributed by atoms with Gasteiger partial charge in [-0.15, -0.1) is 0 Å². The topological polar surface area (TPSA) is 95.5 Å². The summed E-state index contributed by atoms with van der Waals surface area (Å²) >= 11 is 0. The number of aliphatic carboxylic acids is 1. The molecule has 116 valence electrons. The van der Waals surface area contributed by atoms with Gasteiger partial charge in [-0.3, -0.25) is 14.4 Å². The zero-order valence-corrected chi connectivity index (χ0v) is 12.2. The van der Waals surface area contributed by atoms with Gasteiger partial charge in [0.15, 0.2) is 0 Å². The molecule has 1 aromatic carbocycles. The molecule has 0 bridgehead atoms. The van der Waals surface area contributed by atoms with Crippen LogP contribution in [0.3, 0.4) is 0 Å². The predicted molar refractivity (Wildman–Crippen MR) is 82.4 cm³/mol. The maximum atomic E-state index is 12.3. The number of hydrogen-bond acceptors (Lipinski definition) is 3. The molecular weight excluding hydrogens is 284 g/mol. The first-order chi connectivity index (χ1) is 10.5. The summed E-state index contributed by atoms with van der Waals surface area (Å²) in [7, 11) is 0. The van der Waals surface area contributed by atoms with Crippen LogP contribution in [0.5, 0.6) is 0 Å². The van der Waals surface area contributed by atoms with Crippen LogP contribution in [0.1, 0.15) is 19.8 Å². The van der Waals surface area contributed by atoms with Crippen LogP contribution >= 0.6 is 0 Å². The smallest absolute Gasteiger partial charge is 0.307 e. The second-order valence-electron chi connectivity index (χ2n) is 5.25. The minimum atomic E-state index is -0.962. The molecule has 0 saturated carbocycles. The average Bonchev–Trinajstić information content (AvgIpc) is 2.46. The highest BCUT2D eigenvalue weighted by atomic mass is 16.4. The quantitative estimate of drug-likeness (QED) is 0.743. The van der Waals surface area contributed by atoms with Crippen LogP contribution < -0.4 is 10.6 Å². The van der Waals surface area contributed by atoms with Crippen molar-refractivity contribution in [2.75, 3.05) is 10.6 Å². The molecule has 0 fully saturated rings. The van der Waals surface area contributed by atoms with E-state index in [2.05, 4.69) is 10.6 Å². The van der Waals surface area contributed by atoms with Crippen molar-refractivity contribution in [3.8, 4) is 0 Å². The Labute approximate surface area is 128 Å². The highest BCUT2D eigenvalue weighted by Crippen LogP contribution is 2.27. The average molecular weight is 302 g/mol. The Kier molecular flexibility index (Phi) is 4.93. The van der Waals surface area contributed by atoms with Crippen LogP contribution in [0, 0.1) is 11.8 Å². The molecule has 22 heavy (non-hydrogen) atoms. The molecule has 0 unspecified atom stereocenters. The largest absolute Gasteiger partial charge is 0.481 e. The van der Waals surface area contributed by atoms with Crippen molar-refractivity contribution < 1.29 is 19.5 Å². The summed E-state index contributed by atoms with van der Waals surface area (Å²) in [4.78, 5) is 34.6. The molecule has 6 nitrogen and oxygen atoms in total. The van der Waals surface area contributed by atoms with Gasteiger partial charge in [0.25, 0.3) is 0 Å². The number of allylic oxidation sites excluding steroid dienone is 2. The molecule has 0 aliphatic heterocycles. The van der Waals surface area contributed by atoms with E-state index >= 15 is 0 Å². The third-order valence-corrected chi connectivity index (χ3v) is 3.54. The third-order valence-electron chi connectivity index (χ3n) is 3.54. The van der Waals surface area contributed by atoms with Gasteiger partial charge in [-0.05, 0) is 31.0 Å². The highest BCUT2D eigenvalue weighted by Gasteiger charge is 2.33. The van der Waals surface area contributed by atoms with Gasteiger partial charge in [0.05, 0.1) is 11.8 Å². The van der Waals surface area contributed by atoms with E-state index in [1.807, 2.05) is 6.08 Å². The molecule has 1 aliphatic rings. The molecule has 0 aromatic heterocycles. The number of amides is 2. The first-order valence-corrected chi connectivity index (χ1v) is 7.03. The summed E-state index contributed by atoms with van der Waals surface area (Å²) in [6.07, 6.45) is 4.39. The van der Waals surface area contributed by atoms with Crippen LogP contribution in [0.4, 0.5) is 11.4 Å². The Hall–Kier alpha value is -2.63. The molecule has 2 amide bonds. The Balaban J connectivity index is 2.09. The molecule has 0 spiro atoms. The standard InChI is InChI=1S/C16H18N2O4/c1-10(19)17-11-5-4-6-12(9-11)18-15(20)13-7-2-3-8-14(13)16(21)22/h2-6,9,13-14H,7-8H2,1H3,(H,17,19)(H,18,20)(H,21,22)/t13-,14-/m1/s1. The molecule has 6 heteroatoms. The van der Waals surface area contributed by atoms with Crippen molar-refractivity contribution in [1.82, 2.24) is 0 Å². The fraction of sp³-hybridized carbons (Fsp3) is 0.312. The number of carboxylic acids is 1. The van der Waals surface area contributed by atoms with Gasteiger partial charge < -0.3 is 15.7 Å². The number of carboxylic acid groups (broad SMARTS) is 1. The molecule has 2 atom stereocenters. The number of rotatable bonds is 4. The molecule has 0 radical (unpaired) electrons. The Bertz CT molecular complexity index is 624. The summed E-state index contributed by atoms with van der Waals surface area (Å²) in [5.41, 5.74) is 1.10. The summed E-state index contributed by atoms with van der Waals surface area (Å²) in [5, 5.41) is 14.6. The second-order valence-corrected chi connectivity index (χ2v) is 5.25. The zero-order valence-electron chi connectivity index (χ0n) is 12.2. The van der Waals surface area contributed by atoms with Crippen molar-refractivity contribution in [1.29, 1.82) is 0 Å². The SMILES string of the molecule is CC(=O)Nc1cccc(NC(=O)[C@@H]2CC=CC[C@H]2C(=O)O)c1. The van der Waals surface area contributed by atoms with E-state index in [0.29, 0.717) is 24.2 Å². The number of carbonyl (C=O) groups excluding carboxylic acids is 2. The summed E-state index contributed by atoms with van der Waals surface area (Å²) in [6.45, 7) is 1.40. The molecule has 2 rings (SSSR count). The van der Waals surface area contributed by atoms with Crippen LogP contribution in [0.25, 0.3) is 0 Å². The van der Waals surface area contributed by atoms with Gasteiger partial charge in [-0.2, -0.15) is 0 Å². The Morgan fingerprint density at radius 2 is 1.64 bits per heavy atom. The normalized spacial score (nSPS) is 20.2. The minimum absolute atomic E-state index is 0.202. The Morgan fingerprint density at radius 3 is 2.23 bits per heavy atom. The van der Waals surface area contributed by atoms with Gasteiger partial charge >= 0.3 is 5.97 Å². The number of hydrogen-bond donors (Lipinski definition) is 3. The van der Waals surface area contributed by atoms with Gasteiger partial charge in [-0.25, -0.2) is 0 Å². The lowest BCUT2D eigenvalue weighted by Crippen LogP contribution is -2.34. The fourth-order valence-electron chi connectivity index (χ4n) is 2.49. The lowest BCUT2D eigenvalue weighted by Gasteiger charge is -2.24. The van der Waals surface area contributed by atoms with Crippen molar-refractivity contribution in [2.24, 2.45) is 11.8 Å². The highest BCUT2D eigenvalue weighted by molar-refractivity contribution is 5.96. The third kappa shape index (κ3) is 3.94. The first kappa shape index (κ1) is 15.8. The molecule has 3 N–H and O–H groups in total. The van der Waals surface area contributed by atoms with E-state index in [4.69, 9.17) is 0 Å². The van der Waals surface area contributed by atoms with Gasteiger partial charge in [0, 0.05) is 18.3 Å². The van der Waals surface area contributed by atoms with Gasteiger partial charge in [0.2, 0.25) is 11.8 Å². The molecule has 1 aromatic rings. The van der Waals surface area contributed by atoms with Crippen LogP contribution in [0.2, 0.25) is 0 Å². The molecule has 0 saturated heterocycles. The minimum Gasteiger partial charge on any atom is -0.481 e. The van der Waals surface area contributed by atoms with E-state index < -0.39 is 17.8 Å².